The first-order valence-electron chi connectivity index (χ1n) is 9.72. The van der Waals surface area contributed by atoms with Crippen molar-refractivity contribution in [2.24, 2.45) is 5.92 Å². The van der Waals surface area contributed by atoms with Crippen molar-refractivity contribution in [1.29, 1.82) is 0 Å². The summed E-state index contributed by atoms with van der Waals surface area (Å²) in [6, 6.07) is 14.2. The van der Waals surface area contributed by atoms with Crippen molar-refractivity contribution in [2.75, 3.05) is 6.54 Å². The van der Waals surface area contributed by atoms with Crippen molar-refractivity contribution >= 4 is 28.2 Å². The minimum Gasteiger partial charge on any atom is -0.362 e. The van der Waals surface area contributed by atoms with Gasteiger partial charge in [0, 0.05) is 18.7 Å². The molecule has 0 aliphatic carbocycles. The lowest BCUT2D eigenvalue weighted by molar-refractivity contribution is 0.394. The number of aromatic nitrogens is 1. The van der Waals surface area contributed by atoms with Gasteiger partial charge in [0.15, 0.2) is 5.11 Å². The standard InChI is InChI=1S/C23H26FN3OS/c1-15(2)12-25-23(29)27(13-17-7-9-20(24)10-8-17)14-19-11-18-6-4-5-16(3)21(18)26-22(19)28/h4-11,15H,12-14H2,1-3H3,(H,25,29)(H,26,28). The highest BCUT2D eigenvalue weighted by molar-refractivity contribution is 7.80. The fourth-order valence-electron chi connectivity index (χ4n) is 3.16. The number of aryl methyl sites for hydroxylation is 1. The molecule has 0 spiro atoms. The molecule has 0 atom stereocenters. The highest BCUT2D eigenvalue weighted by Crippen LogP contribution is 2.17. The van der Waals surface area contributed by atoms with E-state index in [1.165, 1.54) is 12.1 Å². The maximum absolute atomic E-state index is 13.3. The van der Waals surface area contributed by atoms with E-state index in [0.717, 1.165) is 28.6 Å². The summed E-state index contributed by atoms with van der Waals surface area (Å²) >= 11 is 5.61. The summed E-state index contributed by atoms with van der Waals surface area (Å²) < 4.78 is 13.3. The Bertz CT molecular complexity index is 1060. The Balaban J connectivity index is 1.90. The summed E-state index contributed by atoms with van der Waals surface area (Å²) in [5, 5.41) is 4.83. The zero-order valence-corrected chi connectivity index (χ0v) is 17.8. The molecule has 3 rings (SSSR count). The first-order valence-corrected chi connectivity index (χ1v) is 10.1. The number of H-pyrrole nitrogens is 1. The lowest BCUT2D eigenvalue weighted by Crippen LogP contribution is -2.41. The van der Waals surface area contributed by atoms with Crippen LogP contribution in [0.2, 0.25) is 0 Å². The molecular formula is C23H26FN3OS. The van der Waals surface area contributed by atoms with Crippen LogP contribution in [-0.4, -0.2) is 21.5 Å². The number of nitrogens with zero attached hydrogens (tertiary/aromatic N) is 1. The number of pyridine rings is 1. The van der Waals surface area contributed by atoms with Gasteiger partial charge in [0.05, 0.1) is 12.1 Å². The van der Waals surface area contributed by atoms with Gasteiger partial charge in [-0.05, 0) is 59.8 Å². The Morgan fingerprint density at radius 3 is 2.59 bits per heavy atom. The Hall–Kier alpha value is -2.73. The van der Waals surface area contributed by atoms with Gasteiger partial charge in [0.2, 0.25) is 0 Å². The largest absolute Gasteiger partial charge is 0.362 e. The number of para-hydroxylation sites is 1. The van der Waals surface area contributed by atoms with Gasteiger partial charge >= 0.3 is 0 Å². The van der Waals surface area contributed by atoms with Gasteiger partial charge in [-0.15, -0.1) is 0 Å². The average molecular weight is 412 g/mol. The zero-order valence-electron chi connectivity index (χ0n) is 17.0. The number of aromatic amines is 1. The Morgan fingerprint density at radius 1 is 1.17 bits per heavy atom. The zero-order chi connectivity index (χ0) is 21.0. The van der Waals surface area contributed by atoms with E-state index in [-0.39, 0.29) is 11.4 Å². The molecule has 3 aromatic rings. The quantitative estimate of drug-likeness (QED) is 0.586. The summed E-state index contributed by atoms with van der Waals surface area (Å²) in [5.41, 5.74) is 3.32. The molecule has 0 bridgehead atoms. The molecule has 1 aromatic heterocycles. The van der Waals surface area contributed by atoms with Crippen molar-refractivity contribution in [3.8, 4) is 0 Å². The number of hydrogen-bond donors (Lipinski definition) is 2. The van der Waals surface area contributed by atoms with Crippen LogP contribution in [0.25, 0.3) is 10.9 Å². The van der Waals surface area contributed by atoms with Gasteiger partial charge in [-0.1, -0.05) is 44.2 Å². The van der Waals surface area contributed by atoms with E-state index in [1.807, 2.05) is 36.1 Å². The van der Waals surface area contributed by atoms with E-state index in [9.17, 15) is 9.18 Å². The van der Waals surface area contributed by atoms with Gasteiger partial charge in [0.1, 0.15) is 5.82 Å². The Kier molecular flexibility index (Phi) is 6.64. The molecule has 0 aliphatic heterocycles. The first-order chi connectivity index (χ1) is 13.8. The van der Waals surface area contributed by atoms with Gasteiger partial charge in [-0.25, -0.2) is 4.39 Å². The normalized spacial score (nSPS) is 11.1. The Morgan fingerprint density at radius 2 is 1.90 bits per heavy atom. The van der Waals surface area contributed by atoms with Crippen molar-refractivity contribution in [1.82, 2.24) is 15.2 Å². The summed E-state index contributed by atoms with van der Waals surface area (Å²) in [5.74, 6) is 0.162. The third kappa shape index (κ3) is 5.41. The topological polar surface area (TPSA) is 48.1 Å². The van der Waals surface area contributed by atoms with Crippen LogP contribution in [-0.2, 0) is 13.1 Å². The van der Waals surface area contributed by atoms with Crippen LogP contribution in [0, 0.1) is 18.7 Å². The molecule has 6 heteroatoms. The van der Waals surface area contributed by atoms with E-state index in [4.69, 9.17) is 12.2 Å². The molecule has 0 amide bonds. The predicted molar refractivity (Wildman–Crippen MR) is 120 cm³/mol. The van der Waals surface area contributed by atoms with E-state index in [2.05, 4.69) is 24.1 Å². The number of thiocarbonyl (C=S) groups is 1. The van der Waals surface area contributed by atoms with E-state index in [0.29, 0.717) is 29.7 Å². The molecule has 4 nitrogen and oxygen atoms in total. The first kappa shape index (κ1) is 21.0. The Labute approximate surface area is 175 Å². The molecule has 0 unspecified atom stereocenters. The van der Waals surface area contributed by atoms with Crippen molar-refractivity contribution in [3.05, 3.63) is 81.4 Å². The number of rotatable bonds is 6. The minimum atomic E-state index is -0.276. The van der Waals surface area contributed by atoms with Crippen LogP contribution in [0.1, 0.15) is 30.5 Å². The predicted octanol–water partition coefficient (Wildman–Crippen LogP) is 4.51. The van der Waals surface area contributed by atoms with Crippen LogP contribution in [0.5, 0.6) is 0 Å². The second-order valence-corrected chi connectivity index (χ2v) is 8.11. The van der Waals surface area contributed by atoms with E-state index < -0.39 is 0 Å². The van der Waals surface area contributed by atoms with E-state index >= 15 is 0 Å². The van der Waals surface area contributed by atoms with Crippen LogP contribution >= 0.6 is 12.2 Å². The molecule has 152 valence electrons. The molecular weight excluding hydrogens is 385 g/mol. The summed E-state index contributed by atoms with van der Waals surface area (Å²) in [6.45, 7) is 7.78. The number of hydrogen-bond acceptors (Lipinski definition) is 2. The second kappa shape index (κ2) is 9.18. The van der Waals surface area contributed by atoms with Crippen LogP contribution < -0.4 is 10.9 Å². The smallest absolute Gasteiger partial charge is 0.253 e. The maximum atomic E-state index is 13.3. The number of nitrogens with one attached hydrogen (secondary N) is 2. The van der Waals surface area contributed by atoms with Crippen LogP contribution in [0.4, 0.5) is 4.39 Å². The fourth-order valence-corrected chi connectivity index (χ4v) is 3.38. The highest BCUT2D eigenvalue weighted by Gasteiger charge is 2.15. The van der Waals surface area contributed by atoms with Gasteiger partial charge in [0.25, 0.3) is 5.56 Å². The molecule has 1 heterocycles. The summed E-state index contributed by atoms with van der Waals surface area (Å²) in [4.78, 5) is 17.6. The maximum Gasteiger partial charge on any atom is 0.253 e. The number of benzene rings is 2. The van der Waals surface area contributed by atoms with E-state index in [1.54, 1.807) is 12.1 Å². The SMILES string of the molecule is Cc1cccc2cc(CN(Cc3ccc(F)cc3)C(=S)NCC(C)C)c(=O)[nH]c12. The van der Waals surface area contributed by atoms with Crippen LogP contribution in [0.3, 0.4) is 0 Å². The van der Waals surface area contributed by atoms with Gasteiger partial charge in [-0.3, -0.25) is 4.79 Å². The summed E-state index contributed by atoms with van der Waals surface area (Å²) in [6.07, 6.45) is 0. The van der Waals surface area contributed by atoms with Crippen LogP contribution in [0.15, 0.2) is 53.3 Å². The molecule has 0 radical (unpaired) electrons. The molecule has 2 aromatic carbocycles. The minimum absolute atomic E-state index is 0.123. The lowest BCUT2D eigenvalue weighted by atomic mass is 10.1. The third-order valence-corrected chi connectivity index (χ3v) is 5.16. The number of halogens is 1. The molecule has 0 fully saturated rings. The molecule has 0 saturated carbocycles. The monoisotopic (exact) mass is 411 g/mol. The number of fused-ring (bicyclic) bond motifs is 1. The average Bonchev–Trinajstić information content (AvgIpc) is 2.68. The molecule has 29 heavy (non-hydrogen) atoms. The van der Waals surface area contributed by atoms with Crippen molar-refractivity contribution < 1.29 is 4.39 Å². The van der Waals surface area contributed by atoms with Gasteiger partial charge in [-0.2, -0.15) is 0 Å². The molecule has 0 saturated heterocycles. The second-order valence-electron chi connectivity index (χ2n) is 7.73. The highest BCUT2D eigenvalue weighted by atomic mass is 32.1. The molecule has 2 N–H and O–H groups in total. The lowest BCUT2D eigenvalue weighted by Gasteiger charge is -2.26. The summed E-state index contributed by atoms with van der Waals surface area (Å²) in [7, 11) is 0. The third-order valence-electron chi connectivity index (χ3n) is 4.76. The van der Waals surface area contributed by atoms with Crippen molar-refractivity contribution in [3.63, 3.8) is 0 Å². The molecule has 0 aliphatic rings. The fraction of sp³-hybridized carbons (Fsp3) is 0.304. The van der Waals surface area contributed by atoms with Crippen molar-refractivity contribution in [2.45, 2.75) is 33.9 Å². The van der Waals surface area contributed by atoms with Gasteiger partial charge < -0.3 is 15.2 Å².